The largest absolute Gasteiger partial charge is 0.390 e. The van der Waals surface area contributed by atoms with Gasteiger partial charge in [-0.1, -0.05) is 56.4 Å². The molecule has 6 fully saturated rings. The van der Waals surface area contributed by atoms with Gasteiger partial charge in [0, 0.05) is 24.0 Å². The van der Waals surface area contributed by atoms with Crippen LogP contribution in [0.2, 0.25) is 0 Å². The van der Waals surface area contributed by atoms with Crippen LogP contribution in [0.5, 0.6) is 0 Å². The smallest absolute Gasteiger partial charge is 0.226 e. The summed E-state index contributed by atoms with van der Waals surface area (Å²) in [4.78, 5) is 13.6. The molecule has 6 nitrogen and oxygen atoms in total. The lowest BCUT2D eigenvalue weighted by atomic mass is 9.58. The molecule has 9 unspecified atom stereocenters. The molecule has 1 saturated heterocycles. The predicted octanol–water partition coefficient (Wildman–Crippen LogP) is 6.50. The minimum atomic E-state index is -0.739. The molecule has 222 valence electrons. The van der Waals surface area contributed by atoms with E-state index in [4.69, 9.17) is 10.2 Å². The molecule has 1 amide bonds. The number of carbonyl (C=O) groups excluding carboxylic acids is 1. The fourth-order valence-electron chi connectivity index (χ4n) is 9.77. The molecule has 5 saturated carbocycles. The monoisotopic (exact) mass is 550 g/mol. The molecule has 6 rings (SSSR count). The maximum atomic E-state index is 13.6. The number of amides is 1. The summed E-state index contributed by atoms with van der Waals surface area (Å²) in [7, 11) is 0. The van der Waals surface area contributed by atoms with Crippen LogP contribution in [0.3, 0.4) is 0 Å². The first kappa shape index (κ1) is 28.6. The SMILES string of the molecule is C/C=C/C=C/C1CCC(N=NC2C(O)C(C(=O)NC3CCCCC3)CC3CCC4C5CCCCC5NC4C32)CC1. The maximum absolute atomic E-state index is 13.6. The predicted molar refractivity (Wildman–Crippen MR) is 160 cm³/mol. The Kier molecular flexibility index (Phi) is 9.42. The van der Waals surface area contributed by atoms with E-state index < -0.39 is 6.10 Å². The van der Waals surface area contributed by atoms with Gasteiger partial charge in [-0.3, -0.25) is 4.79 Å². The average Bonchev–Trinajstić information content (AvgIpc) is 3.36. The molecule has 6 aliphatic rings. The number of aliphatic hydroxyl groups excluding tert-OH is 1. The summed E-state index contributed by atoms with van der Waals surface area (Å²) < 4.78 is 0. The molecule has 0 radical (unpaired) electrons. The zero-order valence-corrected chi connectivity index (χ0v) is 24.8. The van der Waals surface area contributed by atoms with Crippen LogP contribution < -0.4 is 10.6 Å². The highest BCUT2D eigenvalue weighted by atomic mass is 16.3. The van der Waals surface area contributed by atoms with Crippen molar-refractivity contribution in [1.29, 1.82) is 0 Å². The number of nitrogens with one attached hydrogen (secondary N) is 2. The van der Waals surface area contributed by atoms with E-state index in [2.05, 4.69) is 41.9 Å². The fourth-order valence-corrected chi connectivity index (χ4v) is 9.77. The second kappa shape index (κ2) is 13.2. The highest BCUT2D eigenvalue weighted by Crippen LogP contribution is 2.53. The van der Waals surface area contributed by atoms with Crippen molar-refractivity contribution in [2.24, 2.45) is 45.7 Å². The Hall–Kier alpha value is -1.53. The molecule has 6 heteroatoms. The van der Waals surface area contributed by atoms with E-state index >= 15 is 0 Å². The number of aliphatic hydroxyl groups is 1. The Morgan fingerprint density at radius 2 is 1.62 bits per heavy atom. The number of hydrogen-bond donors (Lipinski definition) is 3. The van der Waals surface area contributed by atoms with Gasteiger partial charge in [-0.15, -0.1) is 0 Å². The van der Waals surface area contributed by atoms with Crippen LogP contribution in [0, 0.1) is 35.5 Å². The van der Waals surface area contributed by atoms with Crippen molar-refractivity contribution in [2.75, 3.05) is 0 Å². The van der Waals surface area contributed by atoms with Crippen LogP contribution in [0.4, 0.5) is 0 Å². The standard InChI is InChI=1S/C34H54N4O2/c1-2-3-5-10-22-15-18-25(19-16-22)37-38-32-30-23(17-20-27-26-13-8-9-14-29(26)36-31(27)30)21-28(33(32)39)34(40)35-24-11-6-4-7-12-24/h2-3,5,10,22-33,36,39H,4,6-9,11-21H2,1H3,(H,35,40)/b3-2+,10-5+,38-37?. The van der Waals surface area contributed by atoms with Crippen molar-refractivity contribution in [3.8, 4) is 0 Å². The van der Waals surface area contributed by atoms with Crippen molar-refractivity contribution >= 4 is 5.91 Å². The molecule has 40 heavy (non-hydrogen) atoms. The molecular weight excluding hydrogens is 496 g/mol. The van der Waals surface area contributed by atoms with Crippen LogP contribution in [-0.2, 0) is 4.79 Å². The summed E-state index contributed by atoms with van der Waals surface area (Å²) in [6.07, 6.45) is 26.8. The Morgan fingerprint density at radius 3 is 2.42 bits per heavy atom. The summed E-state index contributed by atoms with van der Waals surface area (Å²) in [6, 6.07) is 1.30. The number of hydrogen-bond acceptors (Lipinski definition) is 5. The van der Waals surface area contributed by atoms with E-state index in [1.165, 1.54) is 57.8 Å². The van der Waals surface area contributed by atoms with Crippen LogP contribution in [0.15, 0.2) is 34.5 Å². The Labute approximate surface area is 242 Å². The van der Waals surface area contributed by atoms with Crippen LogP contribution >= 0.6 is 0 Å². The van der Waals surface area contributed by atoms with Crippen molar-refractivity contribution in [1.82, 2.24) is 10.6 Å². The number of fused-ring (bicyclic) bond motifs is 5. The van der Waals surface area contributed by atoms with E-state index in [-0.39, 0.29) is 30.0 Å². The molecule has 0 bridgehead atoms. The third kappa shape index (κ3) is 6.14. The van der Waals surface area contributed by atoms with Gasteiger partial charge in [0.05, 0.1) is 18.1 Å². The Bertz CT molecular complexity index is 934. The molecule has 0 aromatic rings. The third-order valence-corrected chi connectivity index (χ3v) is 11.9. The van der Waals surface area contributed by atoms with Gasteiger partial charge in [-0.25, -0.2) is 0 Å². The van der Waals surface area contributed by atoms with E-state index in [1.807, 2.05) is 0 Å². The Morgan fingerprint density at radius 1 is 0.850 bits per heavy atom. The molecule has 9 atom stereocenters. The van der Waals surface area contributed by atoms with E-state index in [0.717, 1.165) is 50.9 Å². The topological polar surface area (TPSA) is 86.1 Å². The zero-order valence-electron chi connectivity index (χ0n) is 24.8. The second-order valence-corrected chi connectivity index (χ2v) is 14.2. The second-order valence-electron chi connectivity index (χ2n) is 14.2. The van der Waals surface area contributed by atoms with Crippen LogP contribution in [0.1, 0.15) is 110 Å². The quantitative estimate of drug-likeness (QED) is 0.261. The summed E-state index contributed by atoms with van der Waals surface area (Å²) in [5, 5.41) is 29.3. The first-order valence-electron chi connectivity index (χ1n) is 17.1. The minimum absolute atomic E-state index is 0.0710. The lowest BCUT2D eigenvalue weighted by Gasteiger charge is -2.50. The molecular formula is C34H54N4O2. The van der Waals surface area contributed by atoms with Crippen LogP contribution in [-0.4, -0.2) is 47.3 Å². The van der Waals surface area contributed by atoms with Gasteiger partial charge in [-0.05, 0) is 101 Å². The Balaban J connectivity index is 1.18. The number of azo groups is 1. The van der Waals surface area contributed by atoms with Gasteiger partial charge >= 0.3 is 0 Å². The van der Waals surface area contributed by atoms with E-state index in [0.29, 0.717) is 35.8 Å². The summed E-state index contributed by atoms with van der Waals surface area (Å²) in [5.41, 5.74) is 0. The molecule has 1 aliphatic heterocycles. The van der Waals surface area contributed by atoms with Crippen molar-refractivity contribution in [3.63, 3.8) is 0 Å². The van der Waals surface area contributed by atoms with E-state index in [1.54, 1.807) is 0 Å². The summed E-state index contributed by atoms with van der Waals surface area (Å²) in [6.45, 7) is 2.06. The minimum Gasteiger partial charge on any atom is -0.390 e. The fraction of sp³-hybridized carbons (Fsp3) is 0.853. The number of allylic oxidation sites excluding steroid dienone is 4. The lowest BCUT2D eigenvalue weighted by Crippen LogP contribution is -2.59. The lowest BCUT2D eigenvalue weighted by molar-refractivity contribution is -0.136. The summed E-state index contributed by atoms with van der Waals surface area (Å²) >= 11 is 0. The van der Waals surface area contributed by atoms with Crippen molar-refractivity contribution in [3.05, 3.63) is 24.3 Å². The van der Waals surface area contributed by atoms with Crippen LogP contribution in [0.25, 0.3) is 0 Å². The zero-order chi connectivity index (χ0) is 27.5. The summed E-state index contributed by atoms with van der Waals surface area (Å²) in [5.74, 6) is 2.56. The molecule has 3 N–H and O–H groups in total. The molecule has 5 aliphatic carbocycles. The first-order valence-corrected chi connectivity index (χ1v) is 17.1. The van der Waals surface area contributed by atoms with Crippen molar-refractivity contribution in [2.45, 2.75) is 146 Å². The number of rotatable bonds is 6. The van der Waals surface area contributed by atoms with E-state index in [9.17, 15) is 9.90 Å². The van der Waals surface area contributed by atoms with Gasteiger partial charge in [0.1, 0.15) is 6.04 Å². The third-order valence-electron chi connectivity index (χ3n) is 11.9. The highest BCUT2D eigenvalue weighted by molar-refractivity contribution is 5.80. The van der Waals surface area contributed by atoms with Gasteiger partial charge < -0.3 is 15.7 Å². The molecule has 0 aromatic heterocycles. The van der Waals surface area contributed by atoms with Gasteiger partial charge in [0.15, 0.2) is 0 Å². The molecule has 0 aromatic carbocycles. The molecule has 1 heterocycles. The number of nitrogens with zero attached hydrogens (tertiary/aromatic N) is 2. The van der Waals surface area contributed by atoms with Gasteiger partial charge in [-0.2, -0.15) is 10.2 Å². The van der Waals surface area contributed by atoms with Gasteiger partial charge in [0.25, 0.3) is 0 Å². The normalized spacial score (nSPS) is 44.5. The van der Waals surface area contributed by atoms with Crippen molar-refractivity contribution < 1.29 is 9.90 Å². The maximum Gasteiger partial charge on any atom is 0.226 e. The first-order chi connectivity index (χ1) is 19.6. The van der Waals surface area contributed by atoms with Gasteiger partial charge in [0.2, 0.25) is 5.91 Å². The number of carbonyl (C=O) groups is 1. The molecule has 0 spiro atoms. The highest BCUT2D eigenvalue weighted by Gasteiger charge is 2.57. The average molecular weight is 551 g/mol.